The van der Waals surface area contributed by atoms with E-state index in [2.05, 4.69) is 37.2 Å². The number of hydrogen-bond donors (Lipinski definition) is 1. The fraction of sp³-hybridized carbons (Fsp3) is 0.143. The number of nitrogens with one attached hydrogen (secondary N) is 1. The van der Waals surface area contributed by atoms with Gasteiger partial charge in [-0.3, -0.25) is 20.2 Å². The van der Waals surface area contributed by atoms with Crippen molar-refractivity contribution in [3.8, 4) is 0 Å². The van der Waals surface area contributed by atoms with E-state index < -0.39 is 38.6 Å². The standard InChI is InChI=1S/C14H7Br2ClF3N3O4/c1-5-11(16)8(15)4-9(17)12(5)21-13-7(14(18,19)20)2-6(22(24)25)3-10(13)23(26)27/h2-4,21H,1H3. The molecule has 2 aromatic rings. The van der Waals surface area contributed by atoms with Crippen LogP contribution in [0, 0.1) is 27.2 Å². The zero-order chi connectivity index (χ0) is 20.7. The fourth-order valence-electron chi connectivity index (χ4n) is 2.21. The third-order valence-electron chi connectivity index (χ3n) is 3.47. The van der Waals surface area contributed by atoms with Gasteiger partial charge in [0.05, 0.1) is 32.2 Å². The number of rotatable bonds is 4. The molecule has 2 rings (SSSR count). The van der Waals surface area contributed by atoms with Crippen molar-refractivity contribution in [1.29, 1.82) is 0 Å². The first-order valence-corrected chi connectivity index (χ1v) is 8.76. The van der Waals surface area contributed by atoms with E-state index in [4.69, 9.17) is 11.6 Å². The normalized spacial score (nSPS) is 11.4. The van der Waals surface area contributed by atoms with Gasteiger partial charge in [0.15, 0.2) is 0 Å². The van der Waals surface area contributed by atoms with Gasteiger partial charge in [0.2, 0.25) is 0 Å². The van der Waals surface area contributed by atoms with Gasteiger partial charge in [0, 0.05) is 15.0 Å². The molecule has 0 bridgehead atoms. The van der Waals surface area contributed by atoms with Crippen LogP contribution < -0.4 is 5.32 Å². The van der Waals surface area contributed by atoms with Gasteiger partial charge in [0.1, 0.15) is 5.69 Å². The highest BCUT2D eigenvalue weighted by molar-refractivity contribution is 9.13. The average molecular weight is 533 g/mol. The summed E-state index contributed by atoms with van der Waals surface area (Å²) in [5, 5.41) is 24.5. The van der Waals surface area contributed by atoms with Crippen molar-refractivity contribution in [2.45, 2.75) is 13.1 Å². The van der Waals surface area contributed by atoms with Crippen molar-refractivity contribution in [3.63, 3.8) is 0 Å². The molecule has 0 fully saturated rings. The van der Waals surface area contributed by atoms with E-state index in [0.717, 1.165) is 0 Å². The predicted octanol–water partition coefficient (Wildman–Crippen LogP) is 6.75. The molecule has 27 heavy (non-hydrogen) atoms. The number of non-ortho nitro benzene ring substituents is 1. The Bertz CT molecular complexity index is 970. The molecule has 7 nitrogen and oxygen atoms in total. The van der Waals surface area contributed by atoms with E-state index >= 15 is 0 Å². The van der Waals surface area contributed by atoms with Crippen LogP contribution in [-0.4, -0.2) is 9.85 Å². The quantitative estimate of drug-likeness (QED) is 0.266. The molecule has 0 aliphatic rings. The zero-order valence-electron chi connectivity index (χ0n) is 13.0. The second-order valence-electron chi connectivity index (χ2n) is 5.18. The topological polar surface area (TPSA) is 98.3 Å². The molecule has 0 unspecified atom stereocenters. The summed E-state index contributed by atoms with van der Waals surface area (Å²) in [6.45, 7) is 1.52. The predicted molar refractivity (Wildman–Crippen MR) is 99.6 cm³/mol. The largest absolute Gasteiger partial charge is 0.418 e. The lowest BCUT2D eigenvalue weighted by atomic mass is 10.1. The molecule has 0 aromatic heterocycles. The molecule has 0 spiro atoms. The van der Waals surface area contributed by atoms with Crippen molar-refractivity contribution < 1.29 is 23.0 Å². The van der Waals surface area contributed by atoms with E-state index in [9.17, 15) is 33.4 Å². The summed E-state index contributed by atoms with van der Waals surface area (Å²) >= 11 is 12.5. The number of benzene rings is 2. The summed E-state index contributed by atoms with van der Waals surface area (Å²) in [4.78, 5) is 19.9. The minimum atomic E-state index is -5.09. The Balaban J connectivity index is 2.82. The molecule has 13 heteroatoms. The Labute approximate surface area is 171 Å². The van der Waals surface area contributed by atoms with Crippen LogP contribution in [0.1, 0.15) is 11.1 Å². The molecule has 0 saturated heterocycles. The molecule has 0 saturated carbocycles. The van der Waals surface area contributed by atoms with Crippen LogP contribution in [0.2, 0.25) is 5.02 Å². The van der Waals surface area contributed by atoms with Crippen molar-refractivity contribution in [2.75, 3.05) is 5.32 Å². The maximum Gasteiger partial charge on any atom is 0.418 e. The molecule has 0 radical (unpaired) electrons. The van der Waals surface area contributed by atoms with Gasteiger partial charge in [0.25, 0.3) is 11.4 Å². The summed E-state index contributed by atoms with van der Waals surface area (Å²) in [5.74, 6) is 0. The third kappa shape index (κ3) is 4.33. The highest BCUT2D eigenvalue weighted by Crippen LogP contribution is 2.46. The van der Waals surface area contributed by atoms with Crippen LogP contribution in [0.3, 0.4) is 0 Å². The van der Waals surface area contributed by atoms with Crippen LogP contribution >= 0.6 is 43.5 Å². The lowest BCUT2D eigenvalue weighted by Crippen LogP contribution is -2.12. The number of halogens is 6. The van der Waals surface area contributed by atoms with Crippen LogP contribution in [-0.2, 0) is 6.18 Å². The van der Waals surface area contributed by atoms with Crippen LogP contribution in [0.25, 0.3) is 0 Å². The van der Waals surface area contributed by atoms with Gasteiger partial charge in [-0.05, 0) is 50.4 Å². The van der Waals surface area contributed by atoms with Crippen LogP contribution in [0.15, 0.2) is 27.1 Å². The fourth-order valence-corrected chi connectivity index (χ4v) is 3.48. The number of anilines is 2. The Morgan fingerprint density at radius 1 is 1.07 bits per heavy atom. The van der Waals surface area contributed by atoms with Gasteiger partial charge in [-0.1, -0.05) is 11.6 Å². The minimum Gasteiger partial charge on any atom is -0.348 e. The van der Waals surface area contributed by atoms with E-state index in [1.54, 1.807) is 0 Å². The van der Waals surface area contributed by atoms with E-state index in [1.165, 1.54) is 13.0 Å². The first kappa shape index (κ1) is 21.4. The maximum atomic E-state index is 13.4. The van der Waals surface area contributed by atoms with Gasteiger partial charge >= 0.3 is 6.18 Å². The van der Waals surface area contributed by atoms with E-state index in [0.29, 0.717) is 20.6 Å². The Morgan fingerprint density at radius 3 is 2.15 bits per heavy atom. The van der Waals surface area contributed by atoms with Crippen LogP contribution in [0.4, 0.5) is 35.9 Å². The van der Waals surface area contributed by atoms with Crippen molar-refractivity contribution in [2.24, 2.45) is 0 Å². The van der Waals surface area contributed by atoms with Crippen molar-refractivity contribution in [3.05, 3.63) is 63.5 Å². The molecule has 1 N–H and O–H groups in total. The summed E-state index contributed by atoms with van der Waals surface area (Å²) < 4.78 is 41.3. The van der Waals surface area contributed by atoms with Gasteiger partial charge < -0.3 is 5.32 Å². The SMILES string of the molecule is Cc1c(Br)c(Br)cc(Cl)c1Nc1c([N+](=O)[O-])cc([N+](=O)[O-])cc1C(F)(F)F. The molecule has 0 aliphatic heterocycles. The Morgan fingerprint density at radius 2 is 1.67 bits per heavy atom. The lowest BCUT2D eigenvalue weighted by Gasteiger charge is -2.18. The molecular weight excluding hydrogens is 526 g/mol. The minimum absolute atomic E-state index is 0.0108. The van der Waals surface area contributed by atoms with Gasteiger partial charge in [-0.2, -0.15) is 13.2 Å². The molecule has 2 aromatic carbocycles. The highest BCUT2D eigenvalue weighted by Gasteiger charge is 2.40. The molecule has 0 atom stereocenters. The first-order valence-electron chi connectivity index (χ1n) is 6.79. The molecule has 0 heterocycles. The maximum absolute atomic E-state index is 13.4. The molecular formula is C14H7Br2ClF3N3O4. The zero-order valence-corrected chi connectivity index (χ0v) is 17.0. The van der Waals surface area contributed by atoms with Gasteiger partial charge in [-0.25, -0.2) is 0 Å². The smallest absolute Gasteiger partial charge is 0.348 e. The second-order valence-corrected chi connectivity index (χ2v) is 7.23. The lowest BCUT2D eigenvalue weighted by molar-refractivity contribution is -0.394. The molecule has 0 amide bonds. The molecule has 144 valence electrons. The number of nitro benzene ring substituents is 2. The number of nitro groups is 2. The Hall–Kier alpha value is -1.92. The highest BCUT2D eigenvalue weighted by atomic mass is 79.9. The van der Waals surface area contributed by atoms with Crippen molar-refractivity contribution in [1.82, 2.24) is 0 Å². The van der Waals surface area contributed by atoms with Crippen LogP contribution in [0.5, 0.6) is 0 Å². The monoisotopic (exact) mass is 531 g/mol. The average Bonchev–Trinajstić information content (AvgIpc) is 2.55. The number of alkyl halides is 3. The summed E-state index contributed by atoms with van der Waals surface area (Å²) in [6, 6.07) is 2.06. The Kier molecular flexibility index (Phi) is 6.02. The first-order chi connectivity index (χ1) is 12.3. The second kappa shape index (κ2) is 7.60. The number of hydrogen-bond acceptors (Lipinski definition) is 5. The summed E-state index contributed by atoms with van der Waals surface area (Å²) in [7, 11) is 0. The third-order valence-corrected chi connectivity index (χ3v) is 5.95. The number of nitrogens with zero attached hydrogens (tertiary/aromatic N) is 2. The van der Waals surface area contributed by atoms with E-state index in [-0.39, 0.29) is 16.8 Å². The molecule has 0 aliphatic carbocycles. The van der Waals surface area contributed by atoms with Gasteiger partial charge in [-0.15, -0.1) is 0 Å². The van der Waals surface area contributed by atoms with Crippen molar-refractivity contribution >= 4 is 66.2 Å². The summed E-state index contributed by atoms with van der Waals surface area (Å²) in [6.07, 6.45) is -5.09. The summed E-state index contributed by atoms with van der Waals surface area (Å²) in [5.41, 5.74) is -4.31. The van der Waals surface area contributed by atoms with E-state index in [1.807, 2.05) is 0 Å².